The van der Waals surface area contributed by atoms with Crippen molar-refractivity contribution in [2.75, 3.05) is 19.5 Å². The maximum Gasteiger partial charge on any atom is 0.495 e. The van der Waals surface area contributed by atoms with Gasteiger partial charge in [-0.15, -0.1) is 5.10 Å². The minimum Gasteiger partial charge on any atom is -0.478 e. The van der Waals surface area contributed by atoms with Crippen molar-refractivity contribution in [3.05, 3.63) is 181 Å². The van der Waals surface area contributed by atoms with Crippen molar-refractivity contribution in [3.63, 3.8) is 0 Å². The Labute approximate surface area is 528 Å². The van der Waals surface area contributed by atoms with E-state index in [0.717, 1.165) is 26.7 Å². The average Bonchev–Trinajstić information content (AvgIpc) is 2.50. The molecule has 0 bridgehead atoms. The summed E-state index contributed by atoms with van der Waals surface area (Å²) in [4.78, 5) is 50.8. The van der Waals surface area contributed by atoms with Gasteiger partial charge >= 0.3 is 25.0 Å². The number of aromatic nitrogens is 11. The lowest BCUT2D eigenvalue weighted by Crippen LogP contribution is -2.41. The van der Waals surface area contributed by atoms with Gasteiger partial charge in [0, 0.05) is 55.3 Å². The van der Waals surface area contributed by atoms with Gasteiger partial charge in [-0.3, -0.25) is 18.8 Å². The van der Waals surface area contributed by atoms with Gasteiger partial charge in [-0.2, -0.15) is 15.3 Å². The van der Waals surface area contributed by atoms with Crippen LogP contribution in [0.1, 0.15) is 111 Å². The second-order valence-corrected chi connectivity index (χ2v) is 23.3. The molecule has 2 N–H and O–H groups in total. The van der Waals surface area contributed by atoms with E-state index in [2.05, 4.69) is 82.5 Å². The van der Waals surface area contributed by atoms with Gasteiger partial charge in [0.1, 0.15) is 34.8 Å². The van der Waals surface area contributed by atoms with Crippen molar-refractivity contribution >= 4 is 74.1 Å². The quantitative estimate of drug-likeness (QED) is 0.0734. The number of anilines is 1. The zero-order chi connectivity index (χ0) is 66.0. The highest BCUT2D eigenvalue weighted by Gasteiger charge is 2.52. The Kier molecular flexibility index (Phi) is 23.0. The molecular formula is C61H65BBr2F4N12O9. The number of carbonyl (C=O) groups excluding carboxylic acids is 3. The van der Waals surface area contributed by atoms with Gasteiger partial charge in [0.05, 0.1) is 76.8 Å². The van der Waals surface area contributed by atoms with Crippen molar-refractivity contribution in [1.82, 2.24) is 54.5 Å². The molecule has 89 heavy (non-hydrogen) atoms. The van der Waals surface area contributed by atoms with Crippen LogP contribution in [0.25, 0.3) is 33.8 Å². The molecule has 21 nitrogen and oxygen atoms in total. The van der Waals surface area contributed by atoms with E-state index in [-0.39, 0.29) is 34.1 Å². The Hall–Kier alpha value is -8.73. The molecule has 9 aromatic rings. The average molecular weight is 1360 g/mol. The second-order valence-electron chi connectivity index (χ2n) is 21.5. The molecule has 10 rings (SSSR count). The molecule has 0 saturated carbocycles. The number of esters is 2. The van der Waals surface area contributed by atoms with Gasteiger partial charge in [0.25, 0.3) is 5.91 Å². The summed E-state index contributed by atoms with van der Waals surface area (Å²) in [5, 5.41) is 35.3. The van der Waals surface area contributed by atoms with Gasteiger partial charge in [0.2, 0.25) is 5.82 Å². The summed E-state index contributed by atoms with van der Waals surface area (Å²) in [7, 11) is 7.24. The van der Waals surface area contributed by atoms with Crippen LogP contribution in [0.2, 0.25) is 0 Å². The number of carboxylic acids is 1. The monoisotopic (exact) mass is 1350 g/mol. The molecule has 1 amide bonds. The number of carboxylic acid groups (broad SMARTS) is 1. The van der Waals surface area contributed by atoms with E-state index in [0.29, 0.717) is 43.7 Å². The van der Waals surface area contributed by atoms with Crippen molar-refractivity contribution in [2.45, 2.75) is 86.5 Å². The Morgan fingerprint density at radius 2 is 1.11 bits per heavy atom. The summed E-state index contributed by atoms with van der Waals surface area (Å²) in [6.07, 6.45) is 10.5. The number of ether oxygens (including phenoxy) is 2. The molecule has 0 atom stereocenters. The molecule has 1 fully saturated rings. The predicted octanol–water partition coefficient (Wildman–Crippen LogP) is 11.7. The Morgan fingerprint density at radius 1 is 0.640 bits per heavy atom. The number of carbonyl (C=O) groups is 4. The SMILES string of the molecule is COC(=O)c1cc(B2OC(C)(C)C(C)(C)O2)c(C)cc1F.COC(=O)c1cc(Br)c(C)cc1F.Cc1cc(F)c(C(=O)Nc2cccc(-c3nnnn3C(C)C)n2)cc1-c1cnn(C)c1.Cc1cc(F)c(C(=O)O)cc1-c1cnn(C)c1.Cn1cc(Br)cn1. The third-order valence-corrected chi connectivity index (χ3v) is 15.2. The fraction of sp³-hybridized carbons (Fsp3) is 0.295. The summed E-state index contributed by atoms with van der Waals surface area (Å²) < 4.78 is 84.3. The standard InChI is InChI=1S/C21H21FN8O.C15H20BFO4.C12H11FN2O2.C9H8BrFO2.C4H5BrN2/c1-12(2)30-20(26-27-28-30)18-6-5-7-19(24-18)25-21(31)16-9-15(13(3)8-17(16)22)14-10-23-29(4)11-14;1-9-7-12(17)10(13(18)19-6)8-11(9)16-20-14(2,3)15(4,5)21-16;1-7-3-11(13)10(12(16)17)4-9(7)8-5-14-15(2)6-8;1-5-3-8(11)6(4-7(5)10)9(12)13-2;1-7-3-4(5)2-6-7/h5-12H,1-4H3,(H,24,25,31);7-8H,1-6H3;3-6H,1-2H3,(H,16,17);3-4H,1-2H3;2-3H,1H3. The van der Waals surface area contributed by atoms with E-state index in [4.69, 9.17) is 14.4 Å². The Morgan fingerprint density at radius 3 is 1.57 bits per heavy atom. The van der Waals surface area contributed by atoms with E-state index in [1.54, 1.807) is 104 Å². The topological polar surface area (TPSA) is 247 Å². The van der Waals surface area contributed by atoms with Crippen LogP contribution < -0.4 is 10.8 Å². The number of halogens is 6. The maximum absolute atomic E-state index is 14.6. The second kappa shape index (κ2) is 29.5. The number of amides is 1. The van der Waals surface area contributed by atoms with E-state index < -0.39 is 65.4 Å². The number of tetrazole rings is 1. The molecule has 5 aromatic heterocycles. The first kappa shape index (κ1) is 69.4. The summed E-state index contributed by atoms with van der Waals surface area (Å²) in [6.45, 7) is 18.7. The smallest absolute Gasteiger partial charge is 0.478 e. The van der Waals surface area contributed by atoms with Crippen LogP contribution in [-0.2, 0) is 39.9 Å². The van der Waals surface area contributed by atoms with E-state index in [1.165, 1.54) is 62.8 Å². The largest absolute Gasteiger partial charge is 0.495 e. The number of hydrogen-bond donors (Lipinski definition) is 2. The molecule has 28 heteroatoms. The number of rotatable bonds is 10. The van der Waals surface area contributed by atoms with E-state index in [9.17, 15) is 36.7 Å². The molecule has 0 unspecified atom stereocenters. The van der Waals surface area contributed by atoms with Crippen molar-refractivity contribution in [2.24, 2.45) is 21.1 Å². The molecular weight excluding hydrogens is 1290 g/mol. The van der Waals surface area contributed by atoms with Gasteiger partial charge in [-0.1, -0.05) is 22.0 Å². The van der Waals surface area contributed by atoms with Crippen LogP contribution >= 0.6 is 31.9 Å². The Balaban J connectivity index is 0.000000190. The first-order valence-corrected chi connectivity index (χ1v) is 28.6. The van der Waals surface area contributed by atoms with Crippen LogP contribution in [0.5, 0.6) is 0 Å². The number of aryl methyl sites for hydroxylation is 7. The summed E-state index contributed by atoms with van der Waals surface area (Å²) >= 11 is 6.45. The number of aromatic carboxylic acids is 1. The maximum atomic E-state index is 14.6. The van der Waals surface area contributed by atoms with Gasteiger partial charge in [-0.25, -0.2) is 41.6 Å². The third kappa shape index (κ3) is 17.3. The molecule has 468 valence electrons. The first-order chi connectivity index (χ1) is 41.7. The van der Waals surface area contributed by atoms with Crippen molar-refractivity contribution in [3.8, 4) is 33.8 Å². The third-order valence-electron chi connectivity index (χ3n) is 13.9. The van der Waals surface area contributed by atoms with Gasteiger partial charge < -0.3 is 29.2 Å². The minimum atomic E-state index is -1.27. The predicted molar refractivity (Wildman–Crippen MR) is 332 cm³/mol. The minimum absolute atomic E-state index is 0.0394. The van der Waals surface area contributed by atoms with E-state index in [1.807, 2.05) is 61.0 Å². The normalized spacial score (nSPS) is 12.7. The van der Waals surface area contributed by atoms with Crippen LogP contribution in [0.3, 0.4) is 0 Å². The molecule has 0 spiro atoms. The Bertz CT molecular complexity index is 4020. The summed E-state index contributed by atoms with van der Waals surface area (Å²) in [5.41, 5.74) is 5.34. The van der Waals surface area contributed by atoms with Crippen molar-refractivity contribution in [1.29, 1.82) is 0 Å². The molecule has 1 aliphatic rings. The summed E-state index contributed by atoms with van der Waals surface area (Å²) in [6, 6.07) is 16.0. The van der Waals surface area contributed by atoms with Gasteiger partial charge in [-0.05, 0) is 195 Å². The zero-order valence-electron chi connectivity index (χ0n) is 51.4. The molecule has 6 heterocycles. The molecule has 1 saturated heterocycles. The molecule has 1 aliphatic heterocycles. The lowest BCUT2D eigenvalue weighted by atomic mass is 9.75. The number of nitrogens with one attached hydrogen (secondary N) is 1. The number of hydrogen-bond acceptors (Lipinski definition) is 15. The van der Waals surface area contributed by atoms with Gasteiger partial charge in [0.15, 0.2) is 0 Å². The van der Waals surface area contributed by atoms with Crippen LogP contribution in [-0.4, -0.2) is 116 Å². The number of pyridine rings is 1. The highest BCUT2D eigenvalue weighted by Crippen LogP contribution is 2.37. The number of methoxy groups -OCH3 is 2. The fourth-order valence-electron chi connectivity index (χ4n) is 8.43. The molecule has 0 aliphatic carbocycles. The number of benzene rings is 4. The highest BCUT2D eigenvalue weighted by molar-refractivity contribution is 9.10. The lowest BCUT2D eigenvalue weighted by molar-refractivity contribution is 0.00578. The lowest BCUT2D eigenvalue weighted by Gasteiger charge is -2.32. The van der Waals surface area contributed by atoms with Crippen LogP contribution in [0.4, 0.5) is 23.4 Å². The highest BCUT2D eigenvalue weighted by atomic mass is 79.9. The first-order valence-electron chi connectivity index (χ1n) is 27.1. The van der Waals surface area contributed by atoms with Crippen LogP contribution in [0, 0.1) is 51.0 Å². The zero-order valence-corrected chi connectivity index (χ0v) is 54.5. The summed E-state index contributed by atoms with van der Waals surface area (Å²) in [5.74, 6) is -5.01. The number of nitrogens with zero attached hydrogens (tertiary/aromatic N) is 11. The fourth-order valence-corrected chi connectivity index (χ4v) is 9.16. The molecule has 4 aromatic carbocycles. The molecule has 0 radical (unpaired) electrons. The van der Waals surface area contributed by atoms with Crippen LogP contribution in [0.15, 0.2) is 113 Å². The van der Waals surface area contributed by atoms with Crippen molar-refractivity contribution < 1.29 is 60.6 Å². The van der Waals surface area contributed by atoms with E-state index >= 15 is 0 Å².